The Kier molecular flexibility index (Phi) is 6.78. The maximum atomic E-state index is 12.7. The summed E-state index contributed by atoms with van der Waals surface area (Å²) in [5.41, 5.74) is 2.20. The van der Waals surface area contributed by atoms with E-state index < -0.39 is 24.5 Å². The Bertz CT molecular complexity index is 1170. The number of fused-ring (bicyclic) bond motifs is 1. The number of carbonyl (C=O) groups excluding carboxylic acids is 3. The summed E-state index contributed by atoms with van der Waals surface area (Å²) in [5, 5.41) is 14.1. The SMILES string of the molecule is CC(C)OC(=O)c1c(NC(=O)COC(=O)c2cccc(-n3cnnn3)c2)sc2c1CCCC2. The number of tetrazole rings is 1. The normalized spacial score (nSPS) is 12.8. The van der Waals surface area contributed by atoms with Gasteiger partial charge in [-0.1, -0.05) is 6.07 Å². The second-order valence-corrected chi connectivity index (χ2v) is 8.90. The second-order valence-electron chi connectivity index (χ2n) is 7.80. The fourth-order valence-corrected chi connectivity index (χ4v) is 4.87. The molecule has 1 aromatic carbocycles. The highest BCUT2D eigenvalue weighted by molar-refractivity contribution is 7.17. The third-order valence-electron chi connectivity index (χ3n) is 5.00. The van der Waals surface area contributed by atoms with Crippen molar-refractivity contribution in [1.82, 2.24) is 20.2 Å². The van der Waals surface area contributed by atoms with Gasteiger partial charge in [0.05, 0.1) is 22.9 Å². The Hall–Kier alpha value is -3.60. The van der Waals surface area contributed by atoms with Gasteiger partial charge < -0.3 is 14.8 Å². The van der Waals surface area contributed by atoms with Crippen molar-refractivity contribution >= 4 is 34.2 Å². The van der Waals surface area contributed by atoms with Crippen LogP contribution >= 0.6 is 11.3 Å². The van der Waals surface area contributed by atoms with Crippen molar-refractivity contribution in [2.45, 2.75) is 45.6 Å². The fraction of sp³-hybridized carbons (Fsp3) is 0.364. The first-order valence-corrected chi connectivity index (χ1v) is 11.4. The van der Waals surface area contributed by atoms with E-state index in [0.29, 0.717) is 16.3 Å². The molecule has 2 aromatic heterocycles. The first-order valence-electron chi connectivity index (χ1n) is 10.6. The average Bonchev–Trinajstić information content (AvgIpc) is 3.45. The summed E-state index contributed by atoms with van der Waals surface area (Å²) in [7, 11) is 0. The first kappa shape index (κ1) is 22.6. The van der Waals surface area contributed by atoms with Crippen LogP contribution in [0.3, 0.4) is 0 Å². The van der Waals surface area contributed by atoms with Crippen LogP contribution in [0.25, 0.3) is 5.69 Å². The number of benzene rings is 1. The van der Waals surface area contributed by atoms with Gasteiger partial charge in [-0.2, -0.15) is 0 Å². The van der Waals surface area contributed by atoms with Crippen LogP contribution in [0.15, 0.2) is 30.6 Å². The van der Waals surface area contributed by atoms with Gasteiger partial charge in [-0.15, -0.1) is 16.4 Å². The van der Waals surface area contributed by atoms with E-state index in [1.54, 1.807) is 38.1 Å². The topological polar surface area (TPSA) is 125 Å². The van der Waals surface area contributed by atoms with Gasteiger partial charge in [-0.25, -0.2) is 14.3 Å². The van der Waals surface area contributed by atoms with Gasteiger partial charge >= 0.3 is 11.9 Å². The summed E-state index contributed by atoms with van der Waals surface area (Å²) in [6.07, 6.45) is 4.80. The molecule has 0 radical (unpaired) electrons. The smallest absolute Gasteiger partial charge is 0.341 e. The molecule has 1 aliphatic rings. The van der Waals surface area contributed by atoms with E-state index in [4.69, 9.17) is 9.47 Å². The zero-order chi connectivity index (χ0) is 23.4. The molecular formula is C22H23N5O5S. The Morgan fingerprint density at radius 3 is 2.76 bits per heavy atom. The van der Waals surface area contributed by atoms with Crippen molar-refractivity contribution < 1.29 is 23.9 Å². The zero-order valence-electron chi connectivity index (χ0n) is 18.2. The molecule has 0 spiro atoms. The minimum Gasteiger partial charge on any atom is -0.459 e. The number of hydrogen-bond donors (Lipinski definition) is 1. The lowest BCUT2D eigenvalue weighted by Crippen LogP contribution is -2.22. The van der Waals surface area contributed by atoms with Crippen LogP contribution in [0.2, 0.25) is 0 Å². The number of nitrogens with zero attached hydrogens (tertiary/aromatic N) is 4. The molecule has 33 heavy (non-hydrogen) atoms. The Labute approximate surface area is 193 Å². The zero-order valence-corrected chi connectivity index (χ0v) is 19.1. The Morgan fingerprint density at radius 1 is 1.18 bits per heavy atom. The lowest BCUT2D eigenvalue weighted by molar-refractivity contribution is -0.119. The molecule has 0 bridgehead atoms. The number of aromatic nitrogens is 4. The number of carbonyl (C=O) groups is 3. The molecule has 11 heteroatoms. The monoisotopic (exact) mass is 469 g/mol. The molecule has 0 saturated heterocycles. The van der Waals surface area contributed by atoms with Gasteiger partial charge in [0.25, 0.3) is 5.91 Å². The maximum absolute atomic E-state index is 12.7. The van der Waals surface area contributed by atoms with Crippen molar-refractivity contribution in [3.63, 3.8) is 0 Å². The standard InChI is InChI=1S/C22H23N5O5S/c1-13(2)32-22(30)19-16-8-3-4-9-17(16)33-20(19)24-18(28)11-31-21(29)14-6-5-7-15(10-14)27-12-23-25-26-27/h5-7,10,12-13H,3-4,8-9,11H2,1-2H3,(H,24,28). The molecule has 1 amide bonds. The highest BCUT2D eigenvalue weighted by Crippen LogP contribution is 2.38. The molecule has 172 valence electrons. The minimum absolute atomic E-state index is 0.253. The van der Waals surface area contributed by atoms with E-state index in [0.717, 1.165) is 36.1 Å². The number of anilines is 1. The van der Waals surface area contributed by atoms with Crippen molar-refractivity contribution in [3.05, 3.63) is 52.2 Å². The maximum Gasteiger partial charge on any atom is 0.341 e. The summed E-state index contributed by atoms with van der Waals surface area (Å²) in [6, 6.07) is 6.53. The fourth-order valence-electron chi connectivity index (χ4n) is 3.58. The van der Waals surface area contributed by atoms with E-state index in [1.807, 2.05) is 0 Å². The minimum atomic E-state index is -0.662. The van der Waals surface area contributed by atoms with Gasteiger partial charge in [-0.05, 0) is 73.7 Å². The Morgan fingerprint density at radius 2 is 2.00 bits per heavy atom. The molecule has 3 aromatic rings. The largest absolute Gasteiger partial charge is 0.459 e. The van der Waals surface area contributed by atoms with E-state index in [-0.39, 0.29) is 11.7 Å². The molecule has 0 unspecified atom stereocenters. The predicted molar refractivity (Wildman–Crippen MR) is 120 cm³/mol. The van der Waals surface area contributed by atoms with E-state index >= 15 is 0 Å². The third-order valence-corrected chi connectivity index (χ3v) is 6.21. The molecule has 0 aliphatic heterocycles. The lowest BCUT2D eigenvalue weighted by atomic mass is 9.95. The number of aryl methyl sites for hydroxylation is 1. The van der Waals surface area contributed by atoms with Gasteiger partial charge in [0, 0.05) is 4.88 Å². The van der Waals surface area contributed by atoms with Crippen molar-refractivity contribution in [2.24, 2.45) is 0 Å². The van der Waals surface area contributed by atoms with Crippen molar-refractivity contribution in [3.8, 4) is 5.69 Å². The number of esters is 2. The van der Waals surface area contributed by atoms with Gasteiger partial charge in [-0.3, -0.25) is 4.79 Å². The highest BCUT2D eigenvalue weighted by Gasteiger charge is 2.28. The molecule has 1 N–H and O–H groups in total. The van der Waals surface area contributed by atoms with Crippen LogP contribution in [0.1, 0.15) is 57.8 Å². The summed E-state index contributed by atoms with van der Waals surface area (Å²) >= 11 is 1.38. The molecular weight excluding hydrogens is 446 g/mol. The molecule has 0 fully saturated rings. The second kappa shape index (κ2) is 9.90. The van der Waals surface area contributed by atoms with Crippen LogP contribution in [0.4, 0.5) is 5.00 Å². The summed E-state index contributed by atoms with van der Waals surface area (Å²) in [6.45, 7) is 3.07. The number of amides is 1. The van der Waals surface area contributed by atoms with E-state index in [2.05, 4.69) is 20.8 Å². The quantitative estimate of drug-likeness (QED) is 0.524. The molecule has 0 atom stereocenters. The molecule has 4 rings (SSSR count). The number of ether oxygens (including phenoxy) is 2. The van der Waals surface area contributed by atoms with Crippen molar-refractivity contribution in [2.75, 3.05) is 11.9 Å². The number of thiophene rings is 1. The van der Waals surface area contributed by atoms with Crippen LogP contribution in [-0.2, 0) is 27.1 Å². The number of nitrogens with one attached hydrogen (secondary N) is 1. The molecule has 10 nitrogen and oxygen atoms in total. The van der Waals surface area contributed by atoms with Crippen LogP contribution in [-0.4, -0.2) is 50.8 Å². The highest BCUT2D eigenvalue weighted by atomic mass is 32.1. The summed E-state index contributed by atoms with van der Waals surface area (Å²) < 4.78 is 12.0. The van der Waals surface area contributed by atoms with Crippen LogP contribution < -0.4 is 5.32 Å². The first-order chi connectivity index (χ1) is 15.9. The van der Waals surface area contributed by atoms with E-state index in [1.165, 1.54) is 22.3 Å². The van der Waals surface area contributed by atoms with E-state index in [9.17, 15) is 14.4 Å². The molecule has 2 heterocycles. The molecule has 1 aliphatic carbocycles. The van der Waals surface area contributed by atoms with Gasteiger partial charge in [0.15, 0.2) is 6.61 Å². The summed E-state index contributed by atoms with van der Waals surface area (Å²) in [4.78, 5) is 38.8. The average molecular weight is 470 g/mol. The molecule has 0 saturated carbocycles. The number of rotatable bonds is 7. The van der Waals surface area contributed by atoms with Crippen LogP contribution in [0, 0.1) is 0 Å². The van der Waals surface area contributed by atoms with Gasteiger partial charge in [0.2, 0.25) is 0 Å². The Balaban J connectivity index is 1.43. The lowest BCUT2D eigenvalue weighted by Gasteiger charge is -2.14. The van der Waals surface area contributed by atoms with Crippen LogP contribution in [0.5, 0.6) is 0 Å². The predicted octanol–water partition coefficient (Wildman–Crippen LogP) is 2.96. The number of hydrogen-bond acceptors (Lipinski definition) is 9. The van der Waals surface area contributed by atoms with Gasteiger partial charge in [0.1, 0.15) is 11.3 Å². The third kappa shape index (κ3) is 5.25. The summed E-state index contributed by atoms with van der Waals surface area (Å²) in [5.74, 6) is -1.64. The van der Waals surface area contributed by atoms with Crippen molar-refractivity contribution in [1.29, 1.82) is 0 Å².